The lowest BCUT2D eigenvalue weighted by molar-refractivity contribution is 0.0698. The maximum atomic E-state index is 11.2. The molecule has 2 N–H and O–H groups in total. The highest BCUT2D eigenvalue weighted by Crippen LogP contribution is 2.23. The molecule has 1 aliphatic heterocycles. The van der Waals surface area contributed by atoms with Gasteiger partial charge < -0.3 is 15.3 Å². The number of carboxylic acids is 1. The maximum Gasteiger partial charge on any atom is 0.337 e. The molecule has 0 bridgehead atoms. The van der Waals surface area contributed by atoms with Crippen molar-refractivity contribution in [2.45, 2.75) is 12.8 Å². The predicted molar refractivity (Wildman–Crippen MR) is 79.8 cm³/mol. The summed E-state index contributed by atoms with van der Waals surface area (Å²) in [4.78, 5) is 13.5. The van der Waals surface area contributed by atoms with Crippen LogP contribution in [0.5, 0.6) is 0 Å². The molecule has 0 amide bonds. The molecule has 1 heterocycles. The van der Waals surface area contributed by atoms with E-state index in [0.29, 0.717) is 17.2 Å². The van der Waals surface area contributed by atoms with E-state index in [-0.39, 0.29) is 0 Å². The van der Waals surface area contributed by atoms with Gasteiger partial charge in [0.05, 0.1) is 5.56 Å². The van der Waals surface area contributed by atoms with Crippen LogP contribution in [0.15, 0.2) is 22.7 Å². The number of anilines is 1. The standard InChI is InChI=1S/C14H19BrN2O2/c1-17-6-4-10(5-7-17)9-16-13-3-2-11(15)8-12(13)14(18)19/h2-3,8,10,16H,4-7,9H2,1H3,(H,18,19). The molecule has 0 unspecified atom stereocenters. The Hall–Kier alpha value is -1.07. The second kappa shape index (κ2) is 6.39. The molecule has 4 nitrogen and oxygen atoms in total. The molecule has 0 saturated carbocycles. The summed E-state index contributed by atoms with van der Waals surface area (Å²) in [6.07, 6.45) is 2.34. The van der Waals surface area contributed by atoms with Crippen LogP contribution in [-0.4, -0.2) is 42.7 Å². The van der Waals surface area contributed by atoms with Crippen LogP contribution in [0.4, 0.5) is 5.69 Å². The number of nitrogens with zero attached hydrogens (tertiary/aromatic N) is 1. The number of carbonyl (C=O) groups is 1. The summed E-state index contributed by atoms with van der Waals surface area (Å²) in [5.41, 5.74) is 1.02. The molecule has 19 heavy (non-hydrogen) atoms. The van der Waals surface area contributed by atoms with Crippen molar-refractivity contribution in [3.8, 4) is 0 Å². The molecule has 104 valence electrons. The molecule has 0 spiro atoms. The van der Waals surface area contributed by atoms with E-state index in [9.17, 15) is 9.90 Å². The first-order valence-corrected chi connectivity index (χ1v) is 7.31. The summed E-state index contributed by atoms with van der Waals surface area (Å²) < 4.78 is 0.787. The molecule has 5 heteroatoms. The second-order valence-electron chi connectivity index (χ2n) is 5.12. The van der Waals surface area contributed by atoms with Gasteiger partial charge in [-0.2, -0.15) is 0 Å². The average molecular weight is 327 g/mol. The predicted octanol–water partition coefficient (Wildman–Crippen LogP) is 2.90. The molecule has 1 aliphatic rings. The van der Waals surface area contributed by atoms with Crippen LogP contribution in [0, 0.1) is 5.92 Å². The van der Waals surface area contributed by atoms with Gasteiger partial charge >= 0.3 is 5.97 Å². The molecule has 2 rings (SSSR count). The summed E-state index contributed by atoms with van der Waals surface area (Å²) in [6.45, 7) is 3.09. The molecule has 0 aliphatic carbocycles. The van der Waals surface area contributed by atoms with E-state index in [2.05, 4.69) is 33.2 Å². The first-order chi connectivity index (χ1) is 9.06. The van der Waals surface area contributed by atoms with Crippen molar-refractivity contribution in [1.82, 2.24) is 4.90 Å². The fraction of sp³-hybridized carbons (Fsp3) is 0.500. The number of aromatic carboxylic acids is 1. The average Bonchev–Trinajstić information content (AvgIpc) is 2.39. The van der Waals surface area contributed by atoms with E-state index in [1.54, 1.807) is 6.07 Å². The van der Waals surface area contributed by atoms with Gasteiger partial charge in [0, 0.05) is 16.7 Å². The van der Waals surface area contributed by atoms with E-state index in [4.69, 9.17) is 0 Å². The van der Waals surface area contributed by atoms with E-state index < -0.39 is 5.97 Å². The highest BCUT2D eigenvalue weighted by Gasteiger charge is 2.17. The monoisotopic (exact) mass is 326 g/mol. The van der Waals surface area contributed by atoms with Crippen molar-refractivity contribution >= 4 is 27.6 Å². The quantitative estimate of drug-likeness (QED) is 0.893. The summed E-state index contributed by atoms with van der Waals surface area (Å²) in [7, 11) is 2.14. The number of carboxylic acid groups (broad SMARTS) is 1. The summed E-state index contributed by atoms with van der Waals surface area (Å²) in [6, 6.07) is 5.32. The van der Waals surface area contributed by atoms with Crippen molar-refractivity contribution in [3.05, 3.63) is 28.2 Å². The Morgan fingerprint density at radius 2 is 2.16 bits per heavy atom. The Kier molecular flexibility index (Phi) is 4.82. The van der Waals surface area contributed by atoms with Crippen molar-refractivity contribution < 1.29 is 9.90 Å². The molecular formula is C14H19BrN2O2. The van der Waals surface area contributed by atoms with Crippen LogP contribution in [0.1, 0.15) is 23.2 Å². The smallest absolute Gasteiger partial charge is 0.337 e. The Morgan fingerprint density at radius 1 is 1.47 bits per heavy atom. The first kappa shape index (κ1) is 14.3. The zero-order valence-electron chi connectivity index (χ0n) is 11.0. The van der Waals surface area contributed by atoms with E-state index >= 15 is 0 Å². The van der Waals surface area contributed by atoms with Gasteiger partial charge in [-0.05, 0) is 57.1 Å². The number of rotatable bonds is 4. The zero-order chi connectivity index (χ0) is 13.8. The van der Waals surface area contributed by atoms with Gasteiger partial charge in [-0.1, -0.05) is 15.9 Å². The summed E-state index contributed by atoms with van der Waals surface area (Å²) in [5.74, 6) is -0.270. The van der Waals surface area contributed by atoms with Crippen LogP contribution in [0.3, 0.4) is 0 Å². The van der Waals surface area contributed by atoms with Gasteiger partial charge in [0.2, 0.25) is 0 Å². The molecule has 1 fully saturated rings. The minimum atomic E-state index is -0.896. The third-order valence-electron chi connectivity index (χ3n) is 3.63. The minimum absolute atomic E-state index is 0.322. The van der Waals surface area contributed by atoms with Gasteiger partial charge in [0.1, 0.15) is 0 Å². The van der Waals surface area contributed by atoms with Crippen LogP contribution in [-0.2, 0) is 0 Å². The van der Waals surface area contributed by atoms with Crippen molar-refractivity contribution in [2.24, 2.45) is 5.92 Å². The lowest BCUT2D eigenvalue weighted by Gasteiger charge is -2.29. The SMILES string of the molecule is CN1CCC(CNc2ccc(Br)cc2C(=O)O)CC1. The number of halogens is 1. The maximum absolute atomic E-state index is 11.2. The number of benzene rings is 1. The van der Waals surface area contributed by atoms with Crippen molar-refractivity contribution in [3.63, 3.8) is 0 Å². The first-order valence-electron chi connectivity index (χ1n) is 6.51. The van der Waals surface area contributed by atoms with Crippen molar-refractivity contribution in [2.75, 3.05) is 32.0 Å². The molecule has 0 radical (unpaired) electrons. The topological polar surface area (TPSA) is 52.6 Å². The van der Waals surface area contributed by atoms with Gasteiger partial charge in [0.25, 0.3) is 0 Å². The van der Waals surface area contributed by atoms with Gasteiger partial charge in [-0.25, -0.2) is 4.79 Å². The largest absolute Gasteiger partial charge is 0.478 e. The number of piperidine rings is 1. The Bertz CT molecular complexity index is 457. The Balaban J connectivity index is 1.97. The van der Waals surface area contributed by atoms with Gasteiger partial charge in [0.15, 0.2) is 0 Å². The summed E-state index contributed by atoms with van der Waals surface area (Å²) >= 11 is 3.30. The lowest BCUT2D eigenvalue weighted by atomic mass is 9.97. The lowest BCUT2D eigenvalue weighted by Crippen LogP contribution is -2.33. The van der Waals surface area contributed by atoms with Crippen LogP contribution in [0.25, 0.3) is 0 Å². The third kappa shape index (κ3) is 3.94. The normalized spacial score (nSPS) is 17.4. The molecule has 0 atom stereocenters. The Morgan fingerprint density at radius 3 is 2.79 bits per heavy atom. The highest BCUT2D eigenvalue weighted by atomic mass is 79.9. The van der Waals surface area contributed by atoms with E-state index in [1.807, 2.05) is 12.1 Å². The molecular weight excluding hydrogens is 308 g/mol. The third-order valence-corrected chi connectivity index (χ3v) is 4.12. The van der Waals surface area contributed by atoms with Crippen molar-refractivity contribution in [1.29, 1.82) is 0 Å². The van der Waals surface area contributed by atoms with E-state index in [1.165, 1.54) is 12.8 Å². The molecule has 1 saturated heterocycles. The van der Waals surface area contributed by atoms with Crippen LogP contribution >= 0.6 is 15.9 Å². The second-order valence-corrected chi connectivity index (χ2v) is 6.04. The fourth-order valence-corrected chi connectivity index (χ4v) is 2.73. The van der Waals surface area contributed by atoms with E-state index in [0.717, 1.165) is 24.1 Å². The number of likely N-dealkylation sites (tertiary alicyclic amines) is 1. The number of hydrogen-bond acceptors (Lipinski definition) is 3. The highest BCUT2D eigenvalue weighted by molar-refractivity contribution is 9.10. The van der Waals surface area contributed by atoms with Gasteiger partial charge in [-0.15, -0.1) is 0 Å². The molecule has 1 aromatic rings. The van der Waals surface area contributed by atoms with Gasteiger partial charge in [-0.3, -0.25) is 0 Å². The summed E-state index contributed by atoms with van der Waals surface area (Å²) in [5, 5.41) is 12.5. The Labute approximate surface area is 121 Å². The minimum Gasteiger partial charge on any atom is -0.478 e. The van der Waals surface area contributed by atoms with Crippen LogP contribution < -0.4 is 5.32 Å². The number of nitrogens with one attached hydrogen (secondary N) is 1. The number of hydrogen-bond donors (Lipinski definition) is 2. The molecule has 1 aromatic carbocycles. The fourth-order valence-electron chi connectivity index (χ4n) is 2.37. The zero-order valence-corrected chi connectivity index (χ0v) is 12.6. The molecule has 0 aromatic heterocycles. The van der Waals surface area contributed by atoms with Crippen LogP contribution in [0.2, 0.25) is 0 Å².